The molecule has 0 spiro atoms. The second kappa shape index (κ2) is 10.2. The van der Waals surface area contributed by atoms with E-state index in [0.717, 1.165) is 44.7 Å². The van der Waals surface area contributed by atoms with E-state index >= 15 is 0 Å². The second-order valence-corrected chi connectivity index (χ2v) is 8.74. The quantitative estimate of drug-likeness (QED) is 0.486. The molecular formula is C23H30N6O3. The van der Waals surface area contributed by atoms with Crippen LogP contribution in [0.2, 0.25) is 0 Å². The van der Waals surface area contributed by atoms with E-state index in [1.165, 1.54) is 17.5 Å². The summed E-state index contributed by atoms with van der Waals surface area (Å²) >= 11 is 0. The predicted octanol–water partition coefficient (Wildman–Crippen LogP) is -0.415. The third-order valence-electron chi connectivity index (χ3n) is 6.04. The van der Waals surface area contributed by atoms with Crippen LogP contribution in [0.25, 0.3) is 0 Å². The molecule has 1 fully saturated rings. The molecule has 9 nitrogen and oxygen atoms in total. The van der Waals surface area contributed by atoms with Gasteiger partial charge in [0.05, 0.1) is 12.6 Å². The number of fused-ring (bicyclic) bond motifs is 1. The zero-order valence-electron chi connectivity index (χ0n) is 18.1. The Labute approximate surface area is 187 Å². The van der Waals surface area contributed by atoms with Crippen molar-refractivity contribution in [2.45, 2.75) is 25.5 Å². The number of hydrogen-bond donors (Lipinski definition) is 3. The lowest BCUT2D eigenvalue weighted by Gasteiger charge is -2.38. The van der Waals surface area contributed by atoms with E-state index in [1.807, 2.05) is 11.0 Å². The summed E-state index contributed by atoms with van der Waals surface area (Å²) < 4.78 is 0. The van der Waals surface area contributed by atoms with Crippen LogP contribution in [0.4, 0.5) is 0 Å². The molecule has 2 amide bonds. The van der Waals surface area contributed by atoms with E-state index < -0.39 is 6.10 Å². The summed E-state index contributed by atoms with van der Waals surface area (Å²) in [5.41, 5.74) is 8.96. The van der Waals surface area contributed by atoms with Crippen LogP contribution >= 0.6 is 0 Å². The van der Waals surface area contributed by atoms with Crippen molar-refractivity contribution in [2.75, 3.05) is 39.3 Å². The maximum atomic E-state index is 12.5. The highest BCUT2D eigenvalue weighted by molar-refractivity contribution is 5.92. The number of β-amino-alcohol motifs (C(OH)–C–C–N with tert-alkyl or cyclic N) is 1. The topological polar surface area (TPSA) is 125 Å². The first-order valence-electron chi connectivity index (χ1n) is 11.0. The van der Waals surface area contributed by atoms with Gasteiger partial charge in [0.15, 0.2) is 0 Å². The van der Waals surface area contributed by atoms with Gasteiger partial charge in [-0.05, 0) is 36.0 Å². The first-order chi connectivity index (χ1) is 15.5. The number of aliphatic hydroxyl groups is 1. The number of benzene rings is 1. The van der Waals surface area contributed by atoms with Crippen LogP contribution in [0.3, 0.4) is 0 Å². The molecule has 32 heavy (non-hydrogen) atoms. The Hall–Kier alpha value is -2.88. The first-order valence-corrected chi connectivity index (χ1v) is 11.0. The fourth-order valence-electron chi connectivity index (χ4n) is 4.46. The number of nitrogens with one attached hydrogen (secondary N) is 1. The maximum Gasteiger partial charge on any atom is 0.270 e. The number of carbonyl (C=O) groups is 2. The van der Waals surface area contributed by atoms with Crippen molar-refractivity contribution >= 4 is 11.8 Å². The highest BCUT2D eigenvalue weighted by Crippen LogP contribution is 2.20. The average molecular weight is 439 g/mol. The summed E-state index contributed by atoms with van der Waals surface area (Å²) in [5.74, 6) is -0.256. The summed E-state index contributed by atoms with van der Waals surface area (Å²) in [6, 6.07) is 10.1. The van der Waals surface area contributed by atoms with Crippen LogP contribution in [0, 0.1) is 5.92 Å². The van der Waals surface area contributed by atoms with Gasteiger partial charge in [-0.25, -0.2) is 9.97 Å². The van der Waals surface area contributed by atoms with E-state index in [-0.39, 0.29) is 24.9 Å². The molecule has 4 rings (SSSR count). The van der Waals surface area contributed by atoms with Crippen LogP contribution in [-0.4, -0.2) is 82.1 Å². The molecule has 2 aliphatic rings. The van der Waals surface area contributed by atoms with Crippen molar-refractivity contribution in [1.29, 1.82) is 0 Å². The molecule has 1 aromatic carbocycles. The number of rotatable bonds is 9. The lowest BCUT2D eigenvalue weighted by Crippen LogP contribution is -2.50. The Bertz CT molecular complexity index is 962. The Kier molecular flexibility index (Phi) is 7.09. The molecule has 0 unspecified atom stereocenters. The number of carbonyl (C=O) groups excluding carboxylic acids is 2. The van der Waals surface area contributed by atoms with Crippen LogP contribution in [0.1, 0.15) is 27.3 Å². The standard InChI is InChI=1S/C23H30N6O3/c24-22(31)14-29-10-16(11-29)7-19-8-21(27-15-26-19)23(32)25-9-20(30)13-28-6-5-17-3-1-2-4-18(17)12-28/h1-4,8,15-16,20,30H,5-7,9-14H2,(H2,24,31)(H,25,32)/t20-/m0/s1. The van der Waals surface area contributed by atoms with Crippen LogP contribution in [-0.2, 0) is 24.2 Å². The number of hydrogen-bond acceptors (Lipinski definition) is 7. The summed E-state index contributed by atoms with van der Waals surface area (Å²) in [6.45, 7) is 4.25. The van der Waals surface area contributed by atoms with E-state index in [0.29, 0.717) is 18.2 Å². The molecule has 0 bridgehead atoms. The summed E-state index contributed by atoms with van der Waals surface area (Å²) in [6.07, 6.45) is 2.43. The van der Waals surface area contributed by atoms with Gasteiger partial charge in [0.25, 0.3) is 5.91 Å². The molecule has 2 aromatic rings. The molecule has 3 heterocycles. The second-order valence-electron chi connectivity index (χ2n) is 8.74. The molecule has 1 atom stereocenters. The molecule has 9 heteroatoms. The Morgan fingerprint density at radius 1 is 1.19 bits per heavy atom. The molecule has 1 saturated heterocycles. The number of likely N-dealkylation sites (tertiary alicyclic amines) is 1. The number of primary amides is 1. The fourth-order valence-corrected chi connectivity index (χ4v) is 4.46. The minimum absolute atomic E-state index is 0.168. The van der Waals surface area contributed by atoms with Gasteiger partial charge in [-0.2, -0.15) is 0 Å². The Morgan fingerprint density at radius 3 is 2.75 bits per heavy atom. The molecule has 2 aliphatic heterocycles. The van der Waals surface area contributed by atoms with Crippen LogP contribution < -0.4 is 11.1 Å². The van der Waals surface area contributed by atoms with Gasteiger partial charge in [0, 0.05) is 45.0 Å². The number of aromatic nitrogens is 2. The number of amides is 2. The Balaban J connectivity index is 1.21. The number of aliphatic hydroxyl groups excluding tert-OH is 1. The molecule has 0 radical (unpaired) electrons. The first kappa shape index (κ1) is 22.3. The number of nitrogens with two attached hydrogens (primary N) is 1. The summed E-state index contributed by atoms with van der Waals surface area (Å²) in [7, 11) is 0. The molecule has 170 valence electrons. The monoisotopic (exact) mass is 438 g/mol. The van der Waals surface area contributed by atoms with Crippen molar-refractivity contribution < 1.29 is 14.7 Å². The van der Waals surface area contributed by atoms with Gasteiger partial charge in [0.2, 0.25) is 5.91 Å². The SMILES string of the molecule is NC(=O)CN1CC(Cc2cc(C(=O)NC[C@H](O)CN3CCc4ccccc4C3)ncn2)C1. The van der Waals surface area contributed by atoms with E-state index in [1.54, 1.807) is 6.07 Å². The third kappa shape index (κ3) is 5.87. The van der Waals surface area contributed by atoms with Gasteiger partial charge >= 0.3 is 0 Å². The smallest absolute Gasteiger partial charge is 0.270 e. The molecule has 0 aliphatic carbocycles. The zero-order valence-corrected chi connectivity index (χ0v) is 18.1. The minimum Gasteiger partial charge on any atom is -0.390 e. The van der Waals surface area contributed by atoms with Crippen molar-refractivity contribution in [1.82, 2.24) is 25.1 Å². The molecular weight excluding hydrogens is 408 g/mol. The zero-order chi connectivity index (χ0) is 22.5. The molecule has 1 aromatic heterocycles. The van der Waals surface area contributed by atoms with E-state index in [4.69, 9.17) is 5.73 Å². The predicted molar refractivity (Wildman–Crippen MR) is 119 cm³/mol. The minimum atomic E-state index is -0.656. The van der Waals surface area contributed by atoms with E-state index in [9.17, 15) is 14.7 Å². The molecule has 4 N–H and O–H groups in total. The van der Waals surface area contributed by atoms with Crippen molar-refractivity contribution in [2.24, 2.45) is 11.7 Å². The largest absolute Gasteiger partial charge is 0.390 e. The van der Waals surface area contributed by atoms with Gasteiger partial charge < -0.3 is 16.2 Å². The van der Waals surface area contributed by atoms with Gasteiger partial charge in [0.1, 0.15) is 12.0 Å². The fraction of sp³-hybridized carbons (Fsp3) is 0.478. The van der Waals surface area contributed by atoms with Gasteiger partial charge in [-0.1, -0.05) is 24.3 Å². The highest BCUT2D eigenvalue weighted by atomic mass is 16.3. The maximum absolute atomic E-state index is 12.5. The van der Waals surface area contributed by atoms with Crippen LogP contribution in [0.15, 0.2) is 36.7 Å². The summed E-state index contributed by atoms with van der Waals surface area (Å²) in [5, 5.41) is 13.2. The van der Waals surface area contributed by atoms with E-state index in [2.05, 4.69) is 38.4 Å². The Morgan fingerprint density at radius 2 is 1.97 bits per heavy atom. The lowest BCUT2D eigenvalue weighted by atomic mass is 9.94. The highest BCUT2D eigenvalue weighted by Gasteiger charge is 2.28. The molecule has 0 saturated carbocycles. The summed E-state index contributed by atoms with van der Waals surface area (Å²) in [4.78, 5) is 36.0. The van der Waals surface area contributed by atoms with Crippen LogP contribution in [0.5, 0.6) is 0 Å². The van der Waals surface area contributed by atoms with Crippen molar-refractivity contribution in [3.05, 3.63) is 59.2 Å². The van der Waals surface area contributed by atoms with Crippen molar-refractivity contribution in [3.63, 3.8) is 0 Å². The number of nitrogens with zero attached hydrogens (tertiary/aromatic N) is 4. The third-order valence-corrected chi connectivity index (χ3v) is 6.04. The van der Waals surface area contributed by atoms with Crippen molar-refractivity contribution in [3.8, 4) is 0 Å². The van der Waals surface area contributed by atoms with Gasteiger partial charge in [-0.15, -0.1) is 0 Å². The lowest BCUT2D eigenvalue weighted by molar-refractivity contribution is -0.120. The average Bonchev–Trinajstić information content (AvgIpc) is 2.76. The van der Waals surface area contributed by atoms with Gasteiger partial charge in [-0.3, -0.25) is 19.4 Å². The normalized spacial score (nSPS) is 17.9.